The van der Waals surface area contributed by atoms with Crippen LogP contribution in [0.2, 0.25) is 0 Å². The predicted molar refractivity (Wildman–Crippen MR) is 97.8 cm³/mol. The number of rotatable bonds is 4. The van der Waals surface area contributed by atoms with Gasteiger partial charge in [0.15, 0.2) is 0 Å². The molecule has 2 bridgehead atoms. The minimum absolute atomic E-state index is 0.0831. The molecule has 0 radical (unpaired) electrons. The fourth-order valence-corrected chi connectivity index (χ4v) is 4.37. The highest BCUT2D eigenvalue weighted by Crippen LogP contribution is 2.39. The Bertz CT molecular complexity index is 673. The average Bonchev–Trinajstić information content (AvgIpc) is 2.83. The zero-order valence-corrected chi connectivity index (χ0v) is 14.3. The molecule has 0 saturated carbocycles. The van der Waals surface area contributed by atoms with Gasteiger partial charge in [-0.2, -0.15) is 0 Å². The van der Waals surface area contributed by atoms with E-state index in [1.165, 1.54) is 18.4 Å². The van der Waals surface area contributed by atoms with Gasteiger partial charge in [0.25, 0.3) is 0 Å². The molecule has 3 atom stereocenters. The Labute approximate surface area is 144 Å². The Hall–Kier alpha value is -1.84. The number of fused-ring (bicyclic) bond motifs is 2. The minimum Gasteiger partial charge on any atom is -0.398 e. The number of nitrogen functional groups attached to an aromatic ring is 1. The fraction of sp³-hybridized carbons (Fsp3) is 0.429. The van der Waals surface area contributed by atoms with Crippen molar-refractivity contribution < 1.29 is 4.74 Å². The first kappa shape index (κ1) is 15.7. The molecule has 3 nitrogen and oxygen atoms in total. The summed E-state index contributed by atoms with van der Waals surface area (Å²) in [5.74, 6) is 0. The summed E-state index contributed by atoms with van der Waals surface area (Å²) in [5, 5.41) is 0. The largest absolute Gasteiger partial charge is 0.398 e. The van der Waals surface area contributed by atoms with E-state index in [0.717, 1.165) is 24.1 Å². The van der Waals surface area contributed by atoms with Crippen LogP contribution in [0.25, 0.3) is 0 Å². The molecule has 2 fully saturated rings. The molecule has 2 saturated heterocycles. The Kier molecular flexibility index (Phi) is 4.30. The van der Waals surface area contributed by atoms with Crippen LogP contribution in [0.4, 0.5) is 5.69 Å². The number of anilines is 1. The van der Waals surface area contributed by atoms with E-state index in [1.54, 1.807) is 0 Å². The van der Waals surface area contributed by atoms with Crippen molar-refractivity contribution in [2.75, 3.05) is 12.8 Å². The van der Waals surface area contributed by atoms with Crippen molar-refractivity contribution in [3.63, 3.8) is 0 Å². The number of nitrogens with two attached hydrogens (primary N) is 1. The Morgan fingerprint density at radius 2 is 1.58 bits per heavy atom. The molecule has 0 unspecified atom stereocenters. The van der Waals surface area contributed by atoms with E-state index in [-0.39, 0.29) is 6.10 Å². The summed E-state index contributed by atoms with van der Waals surface area (Å²) in [6.07, 6.45) is 5.10. The second-order valence-electron chi connectivity index (χ2n) is 7.20. The zero-order chi connectivity index (χ0) is 16.5. The third kappa shape index (κ3) is 2.94. The molecule has 0 aliphatic carbocycles. The predicted octanol–water partition coefficient (Wildman–Crippen LogP) is 4.00. The molecule has 2 aromatic rings. The van der Waals surface area contributed by atoms with Crippen LogP contribution in [0.15, 0.2) is 54.6 Å². The van der Waals surface area contributed by atoms with Crippen molar-refractivity contribution in [2.24, 2.45) is 0 Å². The molecule has 2 aromatic carbocycles. The summed E-state index contributed by atoms with van der Waals surface area (Å²) < 4.78 is 6.67. The van der Waals surface area contributed by atoms with E-state index in [4.69, 9.17) is 10.5 Å². The number of nitrogens with zero attached hydrogens (tertiary/aromatic N) is 1. The molecule has 4 rings (SSSR count). The van der Waals surface area contributed by atoms with Gasteiger partial charge in [-0.25, -0.2) is 0 Å². The quantitative estimate of drug-likeness (QED) is 0.865. The van der Waals surface area contributed by atoms with Gasteiger partial charge in [-0.1, -0.05) is 48.5 Å². The Morgan fingerprint density at radius 3 is 2.25 bits per heavy atom. The highest BCUT2D eigenvalue weighted by molar-refractivity contribution is 5.50. The molecule has 0 amide bonds. The lowest BCUT2D eigenvalue weighted by Crippen LogP contribution is -2.43. The summed E-state index contributed by atoms with van der Waals surface area (Å²) in [6, 6.07) is 19.9. The summed E-state index contributed by atoms with van der Waals surface area (Å²) in [7, 11) is 2.27. The van der Waals surface area contributed by atoms with E-state index >= 15 is 0 Å². The van der Waals surface area contributed by atoms with Gasteiger partial charge in [0.1, 0.15) is 6.10 Å². The van der Waals surface area contributed by atoms with E-state index in [1.807, 2.05) is 24.3 Å². The van der Waals surface area contributed by atoms with Crippen LogP contribution >= 0.6 is 0 Å². The van der Waals surface area contributed by atoms with Crippen LogP contribution in [-0.4, -0.2) is 30.1 Å². The first-order chi connectivity index (χ1) is 11.7. The minimum atomic E-state index is -0.0831. The average molecular weight is 322 g/mol. The Balaban J connectivity index is 1.61. The lowest BCUT2D eigenvalue weighted by Gasteiger charge is -2.38. The third-order valence-electron chi connectivity index (χ3n) is 5.76. The van der Waals surface area contributed by atoms with Gasteiger partial charge in [0, 0.05) is 23.3 Å². The maximum Gasteiger partial charge on any atom is 0.110 e. The second kappa shape index (κ2) is 6.58. The molecule has 2 aliphatic heterocycles. The number of benzene rings is 2. The Morgan fingerprint density at radius 1 is 0.958 bits per heavy atom. The number of hydrogen-bond acceptors (Lipinski definition) is 3. The smallest absolute Gasteiger partial charge is 0.110 e. The van der Waals surface area contributed by atoms with Crippen molar-refractivity contribution >= 4 is 5.69 Å². The molecule has 0 spiro atoms. The van der Waals surface area contributed by atoms with Crippen LogP contribution in [0.3, 0.4) is 0 Å². The van der Waals surface area contributed by atoms with Gasteiger partial charge in [-0.15, -0.1) is 0 Å². The van der Waals surface area contributed by atoms with E-state index in [0.29, 0.717) is 18.2 Å². The highest BCUT2D eigenvalue weighted by Gasteiger charge is 2.39. The van der Waals surface area contributed by atoms with Crippen molar-refractivity contribution in [3.05, 3.63) is 65.7 Å². The molecule has 24 heavy (non-hydrogen) atoms. The van der Waals surface area contributed by atoms with Crippen molar-refractivity contribution in [2.45, 2.75) is 50.0 Å². The molecule has 126 valence electrons. The molecule has 2 aliphatic rings. The van der Waals surface area contributed by atoms with Crippen molar-refractivity contribution in [1.29, 1.82) is 0 Å². The molecule has 2 heterocycles. The number of ether oxygens (including phenoxy) is 1. The number of hydrogen-bond donors (Lipinski definition) is 1. The second-order valence-corrected chi connectivity index (χ2v) is 7.20. The van der Waals surface area contributed by atoms with Crippen LogP contribution in [-0.2, 0) is 4.74 Å². The lowest BCUT2D eigenvalue weighted by molar-refractivity contribution is -0.0424. The van der Waals surface area contributed by atoms with Gasteiger partial charge in [-0.05, 0) is 44.4 Å². The van der Waals surface area contributed by atoms with Crippen LogP contribution < -0.4 is 5.73 Å². The van der Waals surface area contributed by atoms with Crippen LogP contribution in [0, 0.1) is 0 Å². The van der Waals surface area contributed by atoms with E-state index in [9.17, 15) is 0 Å². The summed E-state index contributed by atoms with van der Waals surface area (Å²) in [4.78, 5) is 2.55. The fourth-order valence-electron chi connectivity index (χ4n) is 4.37. The topological polar surface area (TPSA) is 38.5 Å². The summed E-state index contributed by atoms with van der Waals surface area (Å²) >= 11 is 0. The van der Waals surface area contributed by atoms with Crippen LogP contribution in [0.5, 0.6) is 0 Å². The molecular weight excluding hydrogens is 296 g/mol. The summed E-state index contributed by atoms with van der Waals surface area (Å²) in [5.41, 5.74) is 9.33. The van der Waals surface area contributed by atoms with Crippen LogP contribution in [0.1, 0.15) is 42.9 Å². The first-order valence-electron chi connectivity index (χ1n) is 8.99. The molecule has 2 N–H and O–H groups in total. The molecule has 3 heteroatoms. The maximum absolute atomic E-state index is 6.67. The van der Waals surface area contributed by atoms with Crippen molar-refractivity contribution in [3.8, 4) is 0 Å². The first-order valence-corrected chi connectivity index (χ1v) is 8.99. The van der Waals surface area contributed by atoms with Crippen molar-refractivity contribution in [1.82, 2.24) is 4.90 Å². The third-order valence-corrected chi connectivity index (χ3v) is 5.76. The van der Waals surface area contributed by atoms with E-state index in [2.05, 4.69) is 42.3 Å². The van der Waals surface area contributed by atoms with Gasteiger partial charge in [0.05, 0.1) is 6.10 Å². The monoisotopic (exact) mass is 322 g/mol. The van der Waals surface area contributed by atoms with Gasteiger partial charge in [-0.3, -0.25) is 0 Å². The standard InChI is InChI=1S/C21H26N2O/c1-23-16-11-12-17(23)14-18(13-16)24-21(15-7-3-2-4-8-15)19-9-5-6-10-20(19)22/h2-10,16-18,21H,11-14,22H2,1H3/t16-,17-,21-/m0/s1. The number of para-hydroxylation sites is 1. The summed E-state index contributed by atoms with van der Waals surface area (Å²) in [6.45, 7) is 0. The highest BCUT2D eigenvalue weighted by atomic mass is 16.5. The normalized spacial score (nSPS) is 28.0. The maximum atomic E-state index is 6.67. The lowest BCUT2D eigenvalue weighted by atomic mass is 9.97. The SMILES string of the molecule is CN1[C@H]2CC[C@H]1CC(O[C@@H](c1ccccc1)c1ccccc1N)C2. The van der Waals surface area contributed by atoms with Gasteiger partial charge < -0.3 is 15.4 Å². The number of piperidine rings is 1. The molecular formula is C21H26N2O. The van der Waals surface area contributed by atoms with Gasteiger partial charge in [0.2, 0.25) is 0 Å². The molecule has 0 aromatic heterocycles. The van der Waals surface area contributed by atoms with Gasteiger partial charge >= 0.3 is 0 Å². The van der Waals surface area contributed by atoms with E-state index < -0.39 is 0 Å². The zero-order valence-electron chi connectivity index (χ0n) is 14.3.